The lowest BCUT2D eigenvalue weighted by atomic mass is 10.1. The van der Waals surface area contributed by atoms with E-state index in [0.717, 1.165) is 45.8 Å². The quantitative estimate of drug-likeness (QED) is 0.276. The van der Waals surface area contributed by atoms with Gasteiger partial charge in [-0.05, 0) is 45.0 Å². The van der Waals surface area contributed by atoms with Crippen LogP contribution in [0.15, 0.2) is 115 Å². The first-order chi connectivity index (χ1) is 18.1. The van der Waals surface area contributed by atoms with Crippen molar-refractivity contribution >= 4 is 0 Å². The van der Waals surface area contributed by atoms with Crippen LogP contribution in [0.4, 0.5) is 0 Å². The Morgan fingerprint density at radius 3 is 1.22 bits per heavy atom. The normalized spacial score (nSPS) is 10.6. The van der Waals surface area contributed by atoms with Crippen molar-refractivity contribution < 1.29 is 0 Å². The lowest BCUT2D eigenvalue weighted by Gasteiger charge is -2.08. The number of nitrogens with zero attached hydrogens (tertiary/aromatic N) is 6. The van der Waals surface area contributed by atoms with Crippen molar-refractivity contribution in [1.29, 1.82) is 0 Å². The first-order valence-corrected chi connectivity index (χ1v) is 12.2. The Balaban J connectivity index is 0.000000152. The third-order valence-corrected chi connectivity index (χ3v) is 6.02. The van der Waals surface area contributed by atoms with Gasteiger partial charge in [0.15, 0.2) is 11.6 Å². The molecule has 0 aliphatic heterocycles. The molecule has 0 aliphatic carbocycles. The first-order valence-electron chi connectivity index (χ1n) is 12.2. The molecule has 0 aliphatic rings. The average molecular weight is 485 g/mol. The standard InChI is InChI=1S/C16H15N3.C15H13N3/c1-12-8-10-14(11-9-12)16-18-17-13(2)19(16)15-6-4-3-5-7-15;1-12-16-17-15(13-8-4-2-5-9-13)18(12)14-10-6-3-7-11-14/h3-11H,1-2H3;2-11H,1H3. The summed E-state index contributed by atoms with van der Waals surface area (Å²) in [5.41, 5.74) is 5.56. The molecule has 0 spiro atoms. The molecule has 0 N–H and O–H groups in total. The maximum atomic E-state index is 4.30. The van der Waals surface area contributed by atoms with Crippen molar-refractivity contribution in [3.8, 4) is 34.2 Å². The molecule has 2 aromatic heterocycles. The predicted molar refractivity (Wildman–Crippen MR) is 148 cm³/mol. The molecule has 0 bridgehead atoms. The molecule has 6 rings (SSSR count). The van der Waals surface area contributed by atoms with E-state index in [1.807, 2.05) is 80.6 Å². The number of hydrogen-bond acceptors (Lipinski definition) is 4. The molecule has 0 saturated heterocycles. The Labute approximate surface area is 216 Å². The largest absolute Gasteiger partial charge is 0.279 e. The molecule has 6 aromatic rings. The molecular weight excluding hydrogens is 456 g/mol. The summed E-state index contributed by atoms with van der Waals surface area (Å²) >= 11 is 0. The van der Waals surface area contributed by atoms with Crippen LogP contribution in [0.2, 0.25) is 0 Å². The summed E-state index contributed by atoms with van der Waals surface area (Å²) in [5.74, 6) is 3.53. The number of aromatic nitrogens is 6. The van der Waals surface area contributed by atoms with Crippen LogP contribution in [-0.4, -0.2) is 29.5 Å². The van der Waals surface area contributed by atoms with Crippen molar-refractivity contribution in [3.63, 3.8) is 0 Å². The van der Waals surface area contributed by atoms with E-state index in [0.29, 0.717) is 0 Å². The van der Waals surface area contributed by atoms with E-state index in [1.54, 1.807) is 0 Å². The van der Waals surface area contributed by atoms with E-state index in [-0.39, 0.29) is 0 Å². The van der Waals surface area contributed by atoms with Gasteiger partial charge in [-0.1, -0.05) is 96.6 Å². The summed E-state index contributed by atoms with van der Waals surface area (Å²) in [6.45, 7) is 6.01. The highest BCUT2D eigenvalue weighted by molar-refractivity contribution is 5.59. The van der Waals surface area contributed by atoms with Crippen LogP contribution < -0.4 is 0 Å². The number of rotatable bonds is 4. The van der Waals surface area contributed by atoms with E-state index >= 15 is 0 Å². The van der Waals surface area contributed by atoms with Crippen molar-refractivity contribution in [3.05, 3.63) is 132 Å². The van der Waals surface area contributed by atoms with Crippen LogP contribution in [0.5, 0.6) is 0 Å². The van der Waals surface area contributed by atoms with E-state index in [4.69, 9.17) is 0 Å². The average Bonchev–Trinajstić information content (AvgIpc) is 3.53. The molecule has 6 heteroatoms. The Morgan fingerprint density at radius 2 is 0.784 bits per heavy atom. The van der Waals surface area contributed by atoms with Gasteiger partial charge in [-0.25, -0.2) is 0 Å². The van der Waals surface area contributed by atoms with E-state index in [2.05, 4.69) is 85.0 Å². The second-order valence-corrected chi connectivity index (χ2v) is 8.72. The Kier molecular flexibility index (Phi) is 6.99. The molecule has 6 nitrogen and oxygen atoms in total. The predicted octanol–water partition coefficient (Wildman–Crippen LogP) is 6.79. The molecular formula is C31H28N6. The molecule has 37 heavy (non-hydrogen) atoms. The van der Waals surface area contributed by atoms with Gasteiger partial charge >= 0.3 is 0 Å². The molecule has 0 atom stereocenters. The Hall–Kier alpha value is -4.84. The van der Waals surface area contributed by atoms with Gasteiger partial charge in [0.2, 0.25) is 0 Å². The van der Waals surface area contributed by atoms with Crippen LogP contribution in [0, 0.1) is 20.8 Å². The summed E-state index contributed by atoms with van der Waals surface area (Å²) in [6, 6.07) is 38.8. The summed E-state index contributed by atoms with van der Waals surface area (Å²) in [4.78, 5) is 0. The van der Waals surface area contributed by atoms with Crippen molar-refractivity contribution in [2.45, 2.75) is 20.8 Å². The zero-order chi connectivity index (χ0) is 25.6. The number of aryl methyl sites for hydroxylation is 3. The summed E-state index contributed by atoms with van der Waals surface area (Å²) in [7, 11) is 0. The topological polar surface area (TPSA) is 61.4 Å². The van der Waals surface area contributed by atoms with Crippen LogP contribution in [0.1, 0.15) is 17.2 Å². The number of benzene rings is 4. The van der Waals surface area contributed by atoms with Gasteiger partial charge in [0.05, 0.1) is 0 Å². The Bertz CT molecular complexity index is 1570. The third kappa shape index (κ3) is 5.23. The molecule has 182 valence electrons. The van der Waals surface area contributed by atoms with Gasteiger partial charge in [0.25, 0.3) is 0 Å². The zero-order valence-electron chi connectivity index (χ0n) is 21.2. The van der Waals surface area contributed by atoms with Crippen LogP contribution in [0.25, 0.3) is 34.2 Å². The highest BCUT2D eigenvalue weighted by Crippen LogP contribution is 2.23. The fourth-order valence-electron chi connectivity index (χ4n) is 4.16. The summed E-state index contributed by atoms with van der Waals surface area (Å²) < 4.78 is 4.14. The third-order valence-electron chi connectivity index (χ3n) is 6.02. The minimum absolute atomic E-state index is 0.874. The lowest BCUT2D eigenvalue weighted by molar-refractivity contribution is 0.972. The van der Waals surface area contributed by atoms with E-state index in [1.165, 1.54) is 5.56 Å². The van der Waals surface area contributed by atoms with Crippen molar-refractivity contribution in [2.75, 3.05) is 0 Å². The fourth-order valence-corrected chi connectivity index (χ4v) is 4.16. The van der Waals surface area contributed by atoms with Crippen LogP contribution in [0.3, 0.4) is 0 Å². The van der Waals surface area contributed by atoms with E-state index in [9.17, 15) is 0 Å². The maximum Gasteiger partial charge on any atom is 0.168 e. The van der Waals surface area contributed by atoms with Gasteiger partial charge in [-0.3, -0.25) is 9.13 Å². The smallest absolute Gasteiger partial charge is 0.168 e. The van der Waals surface area contributed by atoms with Gasteiger partial charge in [0, 0.05) is 22.5 Å². The van der Waals surface area contributed by atoms with Crippen LogP contribution >= 0.6 is 0 Å². The highest BCUT2D eigenvalue weighted by atomic mass is 15.3. The molecule has 4 aromatic carbocycles. The van der Waals surface area contributed by atoms with Crippen molar-refractivity contribution in [1.82, 2.24) is 29.5 Å². The van der Waals surface area contributed by atoms with Crippen LogP contribution in [-0.2, 0) is 0 Å². The van der Waals surface area contributed by atoms with Gasteiger partial charge in [0.1, 0.15) is 11.6 Å². The highest BCUT2D eigenvalue weighted by Gasteiger charge is 2.13. The molecule has 0 amide bonds. The molecule has 0 unspecified atom stereocenters. The summed E-state index contributed by atoms with van der Waals surface area (Å²) in [5, 5.41) is 17.0. The second kappa shape index (κ2) is 10.8. The number of para-hydroxylation sites is 2. The van der Waals surface area contributed by atoms with Gasteiger partial charge in [-0.15, -0.1) is 20.4 Å². The van der Waals surface area contributed by atoms with E-state index < -0.39 is 0 Å². The van der Waals surface area contributed by atoms with Gasteiger partial charge < -0.3 is 0 Å². The van der Waals surface area contributed by atoms with Crippen molar-refractivity contribution in [2.24, 2.45) is 0 Å². The lowest BCUT2D eigenvalue weighted by Crippen LogP contribution is -1.99. The number of hydrogen-bond donors (Lipinski definition) is 0. The molecule has 2 heterocycles. The Morgan fingerprint density at radius 1 is 0.405 bits per heavy atom. The summed E-state index contributed by atoms with van der Waals surface area (Å²) in [6.07, 6.45) is 0. The maximum absolute atomic E-state index is 4.30. The first kappa shape index (κ1) is 23.9. The fraction of sp³-hybridized carbons (Fsp3) is 0.0968. The minimum atomic E-state index is 0.874. The second-order valence-electron chi connectivity index (χ2n) is 8.72. The minimum Gasteiger partial charge on any atom is -0.279 e. The SMILES string of the molecule is Cc1ccc(-c2nnc(C)n2-c2ccccc2)cc1.Cc1nnc(-c2ccccc2)n1-c1ccccc1. The molecule has 0 fully saturated rings. The molecule has 0 saturated carbocycles. The molecule has 0 radical (unpaired) electrons. The zero-order valence-corrected chi connectivity index (χ0v) is 21.2. The van der Waals surface area contributed by atoms with Gasteiger partial charge in [-0.2, -0.15) is 0 Å². The monoisotopic (exact) mass is 484 g/mol.